The van der Waals surface area contributed by atoms with Crippen molar-refractivity contribution >= 4 is 21.7 Å². The van der Waals surface area contributed by atoms with Crippen molar-refractivity contribution in [2.45, 2.75) is 39.0 Å². The number of hydrogen-bond donors (Lipinski definition) is 0. The molecule has 0 heterocycles. The molecule has 1 aliphatic rings. The maximum absolute atomic E-state index is 12.6. The summed E-state index contributed by atoms with van der Waals surface area (Å²) in [4.78, 5) is 12.6. The summed E-state index contributed by atoms with van der Waals surface area (Å²) >= 11 is 3.41. The fourth-order valence-corrected chi connectivity index (χ4v) is 3.26. The van der Waals surface area contributed by atoms with E-state index >= 15 is 0 Å². The third kappa shape index (κ3) is 3.38. The van der Waals surface area contributed by atoms with Gasteiger partial charge in [0.25, 0.3) is 0 Å². The molecular formula is C16H21BrO2. The molecule has 0 amide bonds. The summed E-state index contributed by atoms with van der Waals surface area (Å²) < 4.78 is 6.27. The average Bonchev–Trinajstić information content (AvgIpc) is 2.46. The average molecular weight is 325 g/mol. The van der Waals surface area contributed by atoms with E-state index in [0.29, 0.717) is 5.75 Å². The summed E-state index contributed by atoms with van der Waals surface area (Å²) in [7, 11) is 1.62. The van der Waals surface area contributed by atoms with Crippen LogP contribution in [0.3, 0.4) is 0 Å². The smallest absolute Gasteiger partial charge is 0.169 e. The highest BCUT2D eigenvalue weighted by atomic mass is 79.9. The number of benzene rings is 1. The lowest BCUT2D eigenvalue weighted by Gasteiger charge is -2.27. The first-order chi connectivity index (χ1) is 9.15. The number of carbonyl (C=O) groups excluding carboxylic acids is 1. The van der Waals surface area contributed by atoms with Gasteiger partial charge >= 0.3 is 0 Å². The monoisotopic (exact) mass is 324 g/mol. The summed E-state index contributed by atoms with van der Waals surface area (Å²) in [6.07, 6.45) is 5.66. The number of ketones is 1. The minimum atomic E-state index is 0.179. The molecule has 0 aliphatic heterocycles. The Bertz CT molecular complexity index is 448. The van der Waals surface area contributed by atoms with Crippen LogP contribution < -0.4 is 4.74 Å². The molecular weight excluding hydrogens is 304 g/mol. The van der Waals surface area contributed by atoms with Crippen LogP contribution in [0.2, 0.25) is 0 Å². The molecule has 3 heteroatoms. The normalized spacial score (nSPS) is 23.1. The van der Waals surface area contributed by atoms with Gasteiger partial charge in [0.15, 0.2) is 5.78 Å². The Hall–Kier alpha value is -0.830. The van der Waals surface area contributed by atoms with Crippen molar-refractivity contribution in [3.8, 4) is 5.75 Å². The quantitative estimate of drug-likeness (QED) is 0.739. The van der Waals surface area contributed by atoms with Gasteiger partial charge in [-0.15, -0.1) is 0 Å². The second-order valence-corrected chi connectivity index (χ2v) is 6.25. The van der Waals surface area contributed by atoms with E-state index in [1.54, 1.807) is 7.11 Å². The van der Waals surface area contributed by atoms with E-state index in [2.05, 4.69) is 22.9 Å². The minimum Gasteiger partial charge on any atom is -0.496 e. The first-order valence-electron chi connectivity index (χ1n) is 7.03. The van der Waals surface area contributed by atoms with Crippen LogP contribution in [-0.4, -0.2) is 12.9 Å². The molecule has 0 spiro atoms. The number of methoxy groups -OCH3 is 1. The molecule has 1 aromatic carbocycles. The Morgan fingerprint density at radius 1 is 1.32 bits per heavy atom. The van der Waals surface area contributed by atoms with Crippen molar-refractivity contribution < 1.29 is 9.53 Å². The fraction of sp³-hybridized carbons (Fsp3) is 0.562. The molecule has 1 aliphatic carbocycles. The van der Waals surface area contributed by atoms with Crippen molar-refractivity contribution in [1.29, 1.82) is 0 Å². The molecule has 1 fully saturated rings. The maximum Gasteiger partial charge on any atom is 0.169 e. The molecule has 0 atom stereocenters. The highest BCUT2D eigenvalue weighted by Crippen LogP contribution is 2.34. The summed E-state index contributed by atoms with van der Waals surface area (Å²) in [6, 6.07) is 5.65. The van der Waals surface area contributed by atoms with E-state index in [0.717, 1.165) is 28.8 Å². The largest absolute Gasteiger partial charge is 0.496 e. The number of rotatable bonds is 4. The number of carbonyl (C=O) groups is 1. The number of halogens is 1. The van der Waals surface area contributed by atoms with Crippen molar-refractivity contribution in [2.24, 2.45) is 11.8 Å². The Morgan fingerprint density at radius 3 is 2.58 bits per heavy atom. The zero-order chi connectivity index (χ0) is 13.8. The van der Waals surface area contributed by atoms with Gasteiger partial charge in [0.2, 0.25) is 0 Å². The molecule has 2 nitrogen and oxygen atoms in total. The standard InChI is InChI=1S/C16H21BrO2/c1-3-11-4-6-12(7-5-11)16(18)14-9-8-13(17)10-15(14)19-2/h8-12H,3-7H2,1-2H3. The van der Waals surface area contributed by atoms with Gasteiger partial charge in [-0.1, -0.05) is 29.3 Å². The second kappa shape index (κ2) is 6.56. The van der Waals surface area contributed by atoms with E-state index < -0.39 is 0 Å². The molecule has 0 N–H and O–H groups in total. The van der Waals surface area contributed by atoms with Crippen LogP contribution in [0.5, 0.6) is 5.75 Å². The van der Waals surface area contributed by atoms with Crippen LogP contribution in [0.25, 0.3) is 0 Å². The molecule has 0 unspecified atom stereocenters. The van der Waals surface area contributed by atoms with Crippen molar-refractivity contribution in [2.75, 3.05) is 7.11 Å². The molecule has 19 heavy (non-hydrogen) atoms. The van der Waals surface area contributed by atoms with Crippen molar-refractivity contribution in [3.63, 3.8) is 0 Å². The molecule has 1 saturated carbocycles. The third-order valence-corrected chi connectivity index (χ3v) is 4.72. The van der Waals surface area contributed by atoms with Gasteiger partial charge in [0, 0.05) is 10.4 Å². The molecule has 0 saturated heterocycles. The van der Waals surface area contributed by atoms with E-state index in [9.17, 15) is 4.79 Å². The number of Topliss-reactive ketones (excluding diaryl/α,β-unsaturated/α-hetero) is 1. The Kier molecular flexibility index (Phi) is 5.03. The minimum absolute atomic E-state index is 0.179. The molecule has 0 bridgehead atoms. The van der Waals surface area contributed by atoms with Gasteiger partial charge in [-0.2, -0.15) is 0 Å². The predicted octanol–water partition coefficient (Wildman–Crippen LogP) is 4.86. The topological polar surface area (TPSA) is 26.3 Å². The molecule has 0 aromatic heterocycles. The van der Waals surface area contributed by atoms with Gasteiger partial charge in [0.1, 0.15) is 5.75 Å². The van der Waals surface area contributed by atoms with Crippen LogP contribution >= 0.6 is 15.9 Å². The van der Waals surface area contributed by atoms with E-state index in [1.165, 1.54) is 19.3 Å². The van der Waals surface area contributed by atoms with Gasteiger partial charge < -0.3 is 4.74 Å². The Morgan fingerprint density at radius 2 is 2.00 bits per heavy atom. The van der Waals surface area contributed by atoms with E-state index in [-0.39, 0.29) is 11.7 Å². The van der Waals surface area contributed by atoms with Crippen LogP contribution in [0.1, 0.15) is 49.4 Å². The highest BCUT2D eigenvalue weighted by Gasteiger charge is 2.27. The zero-order valence-electron chi connectivity index (χ0n) is 11.6. The molecule has 2 rings (SSSR count). The molecule has 104 valence electrons. The molecule has 0 radical (unpaired) electrons. The number of hydrogen-bond acceptors (Lipinski definition) is 2. The van der Waals surface area contributed by atoms with Crippen molar-refractivity contribution in [3.05, 3.63) is 28.2 Å². The Labute approximate surface area is 123 Å². The number of ether oxygens (including phenoxy) is 1. The first kappa shape index (κ1) is 14.6. The third-order valence-electron chi connectivity index (χ3n) is 4.22. The SMILES string of the molecule is CCC1CCC(C(=O)c2ccc(Br)cc2OC)CC1. The fourth-order valence-electron chi connectivity index (χ4n) is 2.92. The lowest BCUT2D eigenvalue weighted by Crippen LogP contribution is -2.22. The van der Waals surface area contributed by atoms with Crippen LogP contribution in [-0.2, 0) is 0 Å². The van der Waals surface area contributed by atoms with Gasteiger partial charge in [0.05, 0.1) is 12.7 Å². The van der Waals surface area contributed by atoms with Crippen LogP contribution in [0, 0.1) is 11.8 Å². The van der Waals surface area contributed by atoms with Crippen LogP contribution in [0.4, 0.5) is 0 Å². The summed E-state index contributed by atoms with van der Waals surface area (Å²) in [6.45, 7) is 2.24. The van der Waals surface area contributed by atoms with E-state index in [1.807, 2.05) is 18.2 Å². The lowest BCUT2D eigenvalue weighted by atomic mass is 9.77. The van der Waals surface area contributed by atoms with E-state index in [4.69, 9.17) is 4.74 Å². The van der Waals surface area contributed by atoms with Gasteiger partial charge in [-0.05, 0) is 49.8 Å². The van der Waals surface area contributed by atoms with Gasteiger partial charge in [-0.25, -0.2) is 0 Å². The summed E-state index contributed by atoms with van der Waals surface area (Å²) in [5, 5.41) is 0. The first-order valence-corrected chi connectivity index (χ1v) is 7.82. The lowest BCUT2D eigenvalue weighted by molar-refractivity contribution is 0.0868. The maximum atomic E-state index is 12.6. The summed E-state index contributed by atoms with van der Waals surface area (Å²) in [5.74, 6) is 1.92. The Balaban J connectivity index is 2.12. The summed E-state index contributed by atoms with van der Waals surface area (Å²) in [5.41, 5.74) is 0.727. The van der Waals surface area contributed by atoms with Crippen molar-refractivity contribution in [1.82, 2.24) is 0 Å². The predicted molar refractivity (Wildman–Crippen MR) is 80.8 cm³/mol. The molecule has 1 aromatic rings. The zero-order valence-corrected chi connectivity index (χ0v) is 13.2. The van der Waals surface area contributed by atoms with Crippen LogP contribution in [0.15, 0.2) is 22.7 Å². The second-order valence-electron chi connectivity index (χ2n) is 5.33. The van der Waals surface area contributed by atoms with Gasteiger partial charge in [-0.3, -0.25) is 4.79 Å². The highest BCUT2D eigenvalue weighted by molar-refractivity contribution is 9.10.